The highest BCUT2D eigenvalue weighted by Gasteiger charge is 2.18. The third-order valence-corrected chi connectivity index (χ3v) is 4.67. The number of aliphatic hydroxyl groups excluding tert-OH is 1. The fourth-order valence-corrected chi connectivity index (χ4v) is 3.24. The van der Waals surface area contributed by atoms with Crippen molar-refractivity contribution >= 4 is 17.5 Å². The summed E-state index contributed by atoms with van der Waals surface area (Å²) >= 11 is 1.51. The highest BCUT2D eigenvalue weighted by atomic mass is 32.2. The molecular weight excluding hydrogens is 315 g/mol. The molecule has 23 heavy (non-hydrogen) atoms. The Morgan fingerprint density at radius 3 is 2.61 bits per heavy atom. The number of halogens is 1. The first-order valence-electron chi connectivity index (χ1n) is 7.29. The monoisotopic (exact) mass is 334 g/mol. The molecule has 0 heterocycles. The van der Waals surface area contributed by atoms with E-state index in [1.165, 1.54) is 30.0 Å². The molecular formula is C18H19FO3S. The van der Waals surface area contributed by atoms with Gasteiger partial charge in [-0.2, -0.15) is 11.8 Å². The van der Waals surface area contributed by atoms with Crippen LogP contribution in [0.2, 0.25) is 0 Å². The maximum absolute atomic E-state index is 13.3. The molecule has 2 rings (SSSR count). The van der Waals surface area contributed by atoms with Crippen molar-refractivity contribution < 1.29 is 19.0 Å². The summed E-state index contributed by atoms with van der Waals surface area (Å²) in [4.78, 5) is 12.4. The molecule has 1 atom stereocenters. The molecule has 3 nitrogen and oxygen atoms in total. The van der Waals surface area contributed by atoms with E-state index in [0.29, 0.717) is 11.3 Å². The van der Waals surface area contributed by atoms with Crippen LogP contribution in [-0.4, -0.2) is 30.4 Å². The molecule has 122 valence electrons. The standard InChI is InChI=1S/C18H19FO3S/c1-22-16-7-5-13(6-8-16)18(23-10-9-20)12-17(21)14-3-2-4-15(19)11-14/h2-8,11,18,20H,9-10,12H2,1H3. The lowest BCUT2D eigenvalue weighted by Crippen LogP contribution is -2.07. The largest absolute Gasteiger partial charge is 0.497 e. The van der Waals surface area contributed by atoms with E-state index in [2.05, 4.69) is 0 Å². The van der Waals surface area contributed by atoms with Crippen molar-refractivity contribution in [3.05, 3.63) is 65.5 Å². The van der Waals surface area contributed by atoms with Crippen LogP contribution in [0, 0.1) is 5.82 Å². The highest BCUT2D eigenvalue weighted by molar-refractivity contribution is 7.99. The first kappa shape index (κ1) is 17.5. The number of carbonyl (C=O) groups is 1. The lowest BCUT2D eigenvalue weighted by atomic mass is 10.0. The quantitative estimate of drug-likeness (QED) is 0.744. The van der Waals surface area contributed by atoms with E-state index < -0.39 is 5.82 Å². The van der Waals surface area contributed by atoms with Crippen LogP contribution in [0.25, 0.3) is 0 Å². The molecule has 0 radical (unpaired) electrons. The maximum atomic E-state index is 13.3. The van der Waals surface area contributed by atoms with E-state index in [4.69, 9.17) is 9.84 Å². The summed E-state index contributed by atoms with van der Waals surface area (Å²) in [5.41, 5.74) is 1.35. The normalized spacial score (nSPS) is 12.0. The molecule has 0 aromatic heterocycles. The topological polar surface area (TPSA) is 46.5 Å². The number of Topliss-reactive ketones (excluding diaryl/α,β-unsaturated/α-hetero) is 1. The molecule has 2 aromatic carbocycles. The molecule has 0 amide bonds. The van der Waals surface area contributed by atoms with Gasteiger partial charge in [0.1, 0.15) is 11.6 Å². The fourth-order valence-electron chi connectivity index (χ4n) is 2.23. The van der Waals surface area contributed by atoms with Gasteiger partial charge < -0.3 is 9.84 Å². The van der Waals surface area contributed by atoms with Gasteiger partial charge in [0.2, 0.25) is 0 Å². The number of ether oxygens (including phenoxy) is 1. The zero-order chi connectivity index (χ0) is 16.7. The van der Waals surface area contributed by atoms with E-state index in [-0.39, 0.29) is 24.1 Å². The molecule has 0 aliphatic heterocycles. The van der Waals surface area contributed by atoms with E-state index >= 15 is 0 Å². The van der Waals surface area contributed by atoms with Crippen LogP contribution >= 0.6 is 11.8 Å². The Morgan fingerprint density at radius 1 is 1.26 bits per heavy atom. The fraction of sp³-hybridized carbons (Fsp3) is 0.278. The number of hydrogen-bond donors (Lipinski definition) is 1. The number of benzene rings is 2. The van der Waals surface area contributed by atoms with Crippen molar-refractivity contribution in [3.63, 3.8) is 0 Å². The predicted octanol–water partition coefficient (Wildman–Crippen LogP) is 3.87. The number of carbonyl (C=O) groups excluding carboxylic acids is 1. The van der Waals surface area contributed by atoms with E-state index in [0.717, 1.165) is 11.3 Å². The Kier molecular flexibility index (Phi) is 6.62. The summed E-state index contributed by atoms with van der Waals surface area (Å²) < 4.78 is 18.4. The van der Waals surface area contributed by atoms with Crippen LogP contribution in [0.5, 0.6) is 5.75 Å². The molecule has 5 heteroatoms. The Morgan fingerprint density at radius 2 is 2.00 bits per heavy atom. The molecule has 1 N–H and O–H groups in total. The average molecular weight is 334 g/mol. The van der Waals surface area contributed by atoms with Crippen LogP contribution in [0.15, 0.2) is 48.5 Å². The van der Waals surface area contributed by atoms with Crippen LogP contribution in [-0.2, 0) is 0 Å². The van der Waals surface area contributed by atoms with Gasteiger partial charge in [-0.15, -0.1) is 0 Å². The van der Waals surface area contributed by atoms with Crippen molar-refractivity contribution in [3.8, 4) is 5.75 Å². The van der Waals surface area contributed by atoms with Gasteiger partial charge >= 0.3 is 0 Å². The van der Waals surface area contributed by atoms with Gasteiger partial charge in [-0.3, -0.25) is 4.79 Å². The number of methoxy groups -OCH3 is 1. The molecule has 1 unspecified atom stereocenters. The van der Waals surface area contributed by atoms with Crippen LogP contribution in [0.3, 0.4) is 0 Å². The van der Waals surface area contributed by atoms with Gasteiger partial charge in [0.05, 0.1) is 13.7 Å². The van der Waals surface area contributed by atoms with Crippen LogP contribution in [0.4, 0.5) is 4.39 Å². The Bertz CT molecular complexity index is 643. The molecule has 0 spiro atoms. The van der Waals surface area contributed by atoms with E-state index in [9.17, 15) is 9.18 Å². The van der Waals surface area contributed by atoms with Gasteiger partial charge in [-0.05, 0) is 29.8 Å². The lowest BCUT2D eigenvalue weighted by Gasteiger charge is -2.16. The van der Waals surface area contributed by atoms with Crippen LogP contribution < -0.4 is 4.74 Å². The third kappa shape index (κ3) is 5.08. The first-order chi connectivity index (χ1) is 11.1. The number of ketones is 1. The lowest BCUT2D eigenvalue weighted by molar-refractivity contribution is 0.0981. The molecule has 0 aliphatic carbocycles. The van der Waals surface area contributed by atoms with Crippen molar-refractivity contribution in [2.45, 2.75) is 11.7 Å². The maximum Gasteiger partial charge on any atom is 0.164 e. The minimum absolute atomic E-state index is 0.0471. The van der Waals surface area contributed by atoms with Gasteiger partial charge in [0.25, 0.3) is 0 Å². The smallest absolute Gasteiger partial charge is 0.164 e. The average Bonchev–Trinajstić information content (AvgIpc) is 2.58. The summed E-state index contributed by atoms with van der Waals surface area (Å²) in [6, 6.07) is 13.2. The molecule has 0 bridgehead atoms. The van der Waals surface area contributed by atoms with Gasteiger partial charge in [-0.25, -0.2) is 4.39 Å². The summed E-state index contributed by atoms with van der Waals surface area (Å²) in [5.74, 6) is 0.749. The predicted molar refractivity (Wildman–Crippen MR) is 90.6 cm³/mol. The van der Waals surface area contributed by atoms with Gasteiger partial charge in [0.15, 0.2) is 5.78 Å². The number of thioether (sulfide) groups is 1. The molecule has 2 aromatic rings. The Balaban J connectivity index is 2.15. The highest BCUT2D eigenvalue weighted by Crippen LogP contribution is 2.34. The molecule has 0 saturated heterocycles. The molecule has 0 saturated carbocycles. The summed E-state index contributed by atoms with van der Waals surface area (Å²) in [7, 11) is 1.60. The summed E-state index contributed by atoms with van der Waals surface area (Å²) in [6.45, 7) is 0.0471. The minimum atomic E-state index is -0.417. The third-order valence-electron chi connectivity index (χ3n) is 3.42. The minimum Gasteiger partial charge on any atom is -0.497 e. The zero-order valence-corrected chi connectivity index (χ0v) is 13.7. The second-order valence-corrected chi connectivity index (χ2v) is 6.30. The second kappa shape index (κ2) is 8.70. The van der Waals surface area contributed by atoms with E-state index in [1.54, 1.807) is 13.2 Å². The first-order valence-corrected chi connectivity index (χ1v) is 8.34. The zero-order valence-electron chi connectivity index (χ0n) is 12.9. The van der Waals surface area contributed by atoms with Gasteiger partial charge in [0, 0.05) is 23.0 Å². The van der Waals surface area contributed by atoms with Crippen molar-refractivity contribution in [1.29, 1.82) is 0 Å². The molecule has 0 fully saturated rings. The SMILES string of the molecule is COc1ccc(C(CC(=O)c2cccc(F)c2)SCCO)cc1. The summed E-state index contributed by atoms with van der Waals surface area (Å²) in [5, 5.41) is 8.96. The molecule has 0 aliphatic rings. The number of aliphatic hydroxyl groups is 1. The van der Waals surface area contributed by atoms with Crippen molar-refractivity contribution in [2.75, 3.05) is 19.5 Å². The number of rotatable bonds is 8. The van der Waals surface area contributed by atoms with E-state index in [1.807, 2.05) is 24.3 Å². The number of hydrogen-bond acceptors (Lipinski definition) is 4. The Hall–Kier alpha value is -1.85. The van der Waals surface area contributed by atoms with Crippen molar-refractivity contribution in [1.82, 2.24) is 0 Å². The Labute approximate surface area is 139 Å². The second-order valence-electron chi connectivity index (χ2n) is 4.99. The van der Waals surface area contributed by atoms with Crippen LogP contribution in [0.1, 0.15) is 27.6 Å². The van der Waals surface area contributed by atoms with Crippen molar-refractivity contribution in [2.24, 2.45) is 0 Å². The van der Waals surface area contributed by atoms with Gasteiger partial charge in [-0.1, -0.05) is 24.3 Å². The summed E-state index contributed by atoms with van der Waals surface area (Å²) in [6.07, 6.45) is 0.250.